The van der Waals surface area contributed by atoms with Gasteiger partial charge in [0.2, 0.25) is 0 Å². The van der Waals surface area contributed by atoms with Gasteiger partial charge < -0.3 is 4.98 Å². The number of aromatic nitrogens is 2. The van der Waals surface area contributed by atoms with Crippen LogP contribution >= 0.6 is 0 Å². The number of imidazole rings is 1. The van der Waals surface area contributed by atoms with E-state index in [9.17, 15) is 4.39 Å². The molecule has 0 unspecified atom stereocenters. The molecule has 2 nitrogen and oxygen atoms in total. The van der Waals surface area contributed by atoms with Crippen LogP contribution in [0.5, 0.6) is 0 Å². The Morgan fingerprint density at radius 3 is 2.35 bits per heavy atom. The first-order valence-corrected chi connectivity index (χ1v) is 7.92. The molecule has 4 aliphatic carbocycles. The summed E-state index contributed by atoms with van der Waals surface area (Å²) >= 11 is 0. The lowest BCUT2D eigenvalue weighted by molar-refractivity contribution is -0.00529. The molecule has 6 rings (SSSR count). The van der Waals surface area contributed by atoms with Crippen molar-refractivity contribution in [3.63, 3.8) is 0 Å². The van der Waals surface area contributed by atoms with Crippen LogP contribution in [0.1, 0.15) is 43.8 Å². The van der Waals surface area contributed by atoms with Gasteiger partial charge >= 0.3 is 0 Å². The van der Waals surface area contributed by atoms with Gasteiger partial charge in [-0.3, -0.25) is 0 Å². The summed E-state index contributed by atoms with van der Waals surface area (Å²) in [6, 6.07) is 5.20. The van der Waals surface area contributed by atoms with Gasteiger partial charge in [0.15, 0.2) is 5.82 Å². The topological polar surface area (TPSA) is 28.7 Å². The van der Waals surface area contributed by atoms with Gasteiger partial charge in [-0.25, -0.2) is 9.37 Å². The number of aromatic amines is 1. The normalized spacial score (nSPS) is 38.8. The van der Waals surface area contributed by atoms with Crippen molar-refractivity contribution in [3.05, 3.63) is 29.8 Å². The maximum Gasteiger partial charge on any atom is 0.151 e. The third kappa shape index (κ3) is 1.46. The molecule has 2 aromatic rings. The van der Waals surface area contributed by atoms with E-state index in [1.165, 1.54) is 38.2 Å². The average molecular weight is 270 g/mol. The summed E-state index contributed by atoms with van der Waals surface area (Å²) in [5.74, 6) is 4.91. The lowest BCUT2D eigenvalue weighted by Crippen LogP contribution is -2.44. The molecule has 0 atom stereocenters. The Hall–Kier alpha value is -1.38. The molecule has 0 saturated heterocycles. The van der Waals surface area contributed by atoms with Crippen molar-refractivity contribution in [1.29, 1.82) is 0 Å². The third-order valence-electron chi connectivity index (χ3n) is 6.02. The minimum absolute atomic E-state index is 0.200. The van der Waals surface area contributed by atoms with Crippen LogP contribution in [0.2, 0.25) is 0 Å². The molecule has 104 valence electrons. The number of rotatable bonds is 1. The number of para-hydroxylation sites is 1. The fourth-order valence-electron chi connectivity index (χ4n) is 5.55. The summed E-state index contributed by atoms with van der Waals surface area (Å²) in [7, 11) is 0. The fraction of sp³-hybridized carbons (Fsp3) is 0.588. The number of fused-ring (bicyclic) bond motifs is 1. The standard InChI is InChI=1S/C17H19FN2/c18-13-2-1-3-14-16(13)20-17(19-14)15-11-5-9-4-10(7-11)8-12(15)6-9/h1-3,9-12,15H,4-8H2,(H,19,20). The summed E-state index contributed by atoms with van der Waals surface area (Å²) in [5, 5.41) is 0. The smallest absolute Gasteiger partial charge is 0.151 e. The van der Waals surface area contributed by atoms with E-state index in [0.29, 0.717) is 11.4 Å². The highest BCUT2D eigenvalue weighted by atomic mass is 19.1. The summed E-state index contributed by atoms with van der Waals surface area (Å²) in [5.41, 5.74) is 1.38. The van der Waals surface area contributed by atoms with E-state index in [2.05, 4.69) is 9.97 Å². The van der Waals surface area contributed by atoms with Crippen LogP contribution in [0.25, 0.3) is 11.0 Å². The summed E-state index contributed by atoms with van der Waals surface area (Å²) in [4.78, 5) is 8.04. The third-order valence-corrected chi connectivity index (χ3v) is 6.02. The van der Waals surface area contributed by atoms with Crippen molar-refractivity contribution in [3.8, 4) is 0 Å². The molecule has 0 amide bonds. The van der Waals surface area contributed by atoms with Gasteiger partial charge in [0.1, 0.15) is 11.3 Å². The summed E-state index contributed by atoms with van der Waals surface area (Å²) in [6.07, 6.45) is 6.96. The minimum Gasteiger partial charge on any atom is -0.342 e. The molecule has 0 aliphatic heterocycles. The lowest BCUT2D eigenvalue weighted by Gasteiger charge is -2.53. The first kappa shape index (κ1) is 11.3. The highest BCUT2D eigenvalue weighted by Crippen LogP contribution is 2.59. The molecule has 20 heavy (non-hydrogen) atoms. The summed E-state index contributed by atoms with van der Waals surface area (Å²) in [6.45, 7) is 0. The number of hydrogen-bond acceptors (Lipinski definition) is 1. The van der Waals surface area contributed by atoms with Gasteiger partial charge in [0.25, 0.3) is 0 Å². The number of benzene rings is 1. The monoisotopic (exact) mass is 270 g/mol. The zero-order valence-corrected chi connectivity index (χ0v) is 11.5. The van der Waals surface area contributed by atoms with Crippen LogP contribution < -0.4 is 0 Å². The Bertz CT molecular complexity index is 647. The van der Waals surface area contributed by atoms with Crippen LogP contribution in [-0.2, 0) is 0 Å². The van der Waals surface area contributed by atoms with E-state index in [4.69, 9.17) is 0 Å². The van der Waals surface area contributed by atoms with E-state index >= 15 is 0 Å². The van der Waals surface area contributed by atoms with Crippen LogP contribution in [0.3, 0.4) is 0 Å². The number of nitrogens with one attached hydrogen (secondary N) is 1. The minimum atomic E-state index is -0.200. The molecule has 1 heterocycles. The quantitative estimate of drug-likeness (QED) is 0.825. The average Bonchev–Trinajstić information content (AvgIpc) is 2.82. The zero-order chi connectivity index (χ0) is 13.3. The van der Waals surface area contributed by atoms with Crippen LogP contribution in [0.15, 0.2) is 18.2 Å². The Morgan fingerprint density at radius 2 is 1.70 bits per heavy atom. The molecule has 4 saturated carbocycles. The van der Waals surface area contributed by atoms with Crippen molar-refractivity contribution in [2.45, 2.75) is 38.0 Å². The second-order valence-electron chi connectivity index (χ2n) is 7.21. The Kier molecular flexibility index (Phi) is 2.17. The van der Waals surface area contributed by atoms with E-state index in [1.807, 2.05) is 6.07 Å². The van der Waals surface area contributed by atoms with Crippen LogP contribution in [-0.4, -0.2) is 9.97 Å². The van der Waals surface area contributed by atoms with E-state index in [-0.39, 0.29) is 5.82 Å². The molecule has 3 heteroatoms. The first-order chi connectivity index (χ1) is 9.78. The zero-order valence-electron chi connectivity index (χ0n) is 11.5. The second-order valence-corrected chi connectivity index (χ2v) is 7.21. The van der Waals surface area contributed by atoms with Gasteiger partial charge in [0, 0.05) is 5.92 Å². The van der Waals surface area contributed by atoms with E-state index in [1.54, 1.807) is 6.07 Å². The number of hydrogen-bond donors (Lipinski definition) is 1. The highest BCUT2D eigenvalue weighted by molar-refractivity contribution is 5.75. The number of nitrogens with zero attached hydrogens (tertiary/aromatic N) is 1. The highest BCUT2D eigenvalue weighted by Gasteiger charge is 2.49. The Balaban J connectivity index is 1.59. The molecule has 1 aromatic heterocycles. The number of halogens is 1. The van der Waals surface area contributed by atoms with Crippen molar-refractivity contribution in [2.24, 2.45) is 23.7 Å². The maximum absolute atomic E-state index is 13.8. The molecular formula is C17H19FN2. The molecule has 1 aromatic carbocycles. The van der Waals surface area contributed by atoms with Crippen LogP contribution in [0.4, 0.5) is 4.39 Å². The lowest BCUT2D eigenvalue weighted by atomic mass is 9.52. The van der Waals surface area contributed by atoms with Crippen molar-refractivity contribution >= 4 is 11.0 Å². The molecule has 4 bridgehead atoms. The van der Waals surface area contributed by atoms with Crippen molar-refractivity contribution in [1.82, 2.24) is 9.97 Å². The Morgan fingerprint density at radius 1 is 1.00 bits per heavy atom. The van der Waals surface area contributed by atoms with E-state index < -0.39 is 0 Å². The maximum atomic E-state index is 13.8. The van der Waals surface area contributed by atoms with Gasteiger partial charge in [-0.15, -0.1) is 0 Å². The van der Waals surface area contributed by atoms with Gasteiger partial charge in [0.05, 0.1) is 5.52 Å². The number of H-pyrrole nitrogens is 1. The van der Waals surface area contributed by atoms with Gasteiger partial charge in [-0.2, -0.15) is 0 Å². The predicted octanol–water partition coefficient (Wildman–Crippen LogP) is 4.24. The molecule has 0 radical (unpaired) electrons. The SMILES string of the molecule is Fc1cccc2[nH]c(C3C4CC5CC(C4)CC3C5)nc12. The van der Waals surface area contributed by atoms with Crippen molar-refractivity contribution < 1.29 is 4.39 Å². The molecule has 1 N–H and O–H groups in total. The van der Waals surface area contributed by atoms with Crippen molar-refractivity contribution in [2.75, 3.05) is 0 Å². The second kappa shape index (κ2) is 3.84. The van der Waals surface area contributed by atoms with Gasteiger partial charge in [-0.05, 0) is 67.9 Å². The largest absolute Gasteiger partial charge is 0.342 e. The Labute approximate surface area is 117 Å². The molecular weight excluding hydrogens is 251 g/mol. The predicted molar refractivity (Wildman–Crippen MR) is 75.8 cm³/mol. The molecule has 0 spiro atoms. The molecule has 4 aliphatic rings. The van der Waals surface area contributed by atoms with E-state index in [0.717, 1.165) is 35.0 Å². The first-order valence-electron chi connectivity index (χ1n) is 7.92. The molecule has 4 fully saturated rings. The summed E-state index contributed by atoms with van der Waals surface area (Å²) < 4.78 is 13.8. The fourth-order valence-corrected chi connectivity index (χ4v) is 5.55. The van der Waals surface area contributed by atoms with Gasteiger partial charge in [-0.1, -0.05) is 6.07 Å². The van der Waals surface area contributed by atoms with Crippen LogP contribution in [0, 0.1) is 29.5 Å².